The summed E-state index contributed by atoms with van der Waals surface area (Å²) in [6, 6.07) is 13.4. The van der Waals surface area contributed by atoms with E-state index in [4.69, 9.17) is 9.72 Å². The van der Waals surface area contributed by atoms with Crippen molar-refractivity contribution >= 4 is 38.5 Å². The number of para-hydroxylation sites is 1. The summed E-state index contributed by atoms with van der Waals surface area (Å²) in [6.07, 6.45) is 4.63. The highest BCUT2D eigenvalue weighted by atomic mass is 32.2. The van der Waals surface area contributed by atoms with Crippen molar-refractivity contribution < 1.29 is 22.7 Å². The molecule has 1 aliphatic rings. The van der Waals surface area contributed by atoms with Crippen molar-refractivity contribution in [2.45, 2.75) is 37.0 Å². The van der Waals surface area contributed by atoms with Gasteiger partial charge in [0.1, 0.15) is 0 Å². The molecular weight excluding hydrogens is 454 g/mol. The quantitative estimate of drug-likeness (QED) is 0.426. The smallest absolute Gasteiger partial charge is 0.339 e. The lowest BCUT2D eigenvalue weighted by Gasteiger charge is -2.15. The summed E-state index contributed by atoms with van der Waals surface area (Å²) < 4.78 is 31.2. The number of aromatic nitrogens is 1. The highest BCUT2D eigenvalue weighted by Gasteiger charge is 2.23. The molecule has 1 amide bonds. The van der Waals surface area contributed by atoms with Crippen LogP contribution in [0.4, 0.5) is 5.69 Å². The first-order chi connectivity index (χ1) is 16.3. The summed E-state index contributed by atoms with van der Waals surface area (Å²) in [5, 5.41) is 3.32. The normalized spacial score (nSPS) is 13.9. The number of ether oxygens (including phenoxy) is 1. The van der Waals surface area contributed by atoms with Crippen LogP contribution in [0.25, 0.3) is 10.9 Å². The topological polar surface area (TPSA) is 106 Å². The molecule has 0 saturated carbocycles. The first-order valence-corrected chi connectivity index (χ1v) is 12.6. The number of esters is 1. The largest absolute Gasteiger partial charge is 0.452 e. The molecule has 1 heterocycles. The summed E-state index contributed by atoms with van der Waals surface area (Å²) in [7, 11) is -0.771. The number of hydrogen-bond donors (Lipinski definition) is 1. The molecule has 1 N–H and O–H groups in total. The zero-order valence-corrected chi connectivity index (χ0v) is 20.0. The van der Waals surface area contributed by atoms with Gasteiger partial charge in [-0.25, -0.2) is 17.5 Å². The maximum atomic E-state index is 13.1. The van der Waals surface area contributed by atoms with E-state index in [1.165, 1.54) is 32.3 Å². The number of hydrogen-bond acceptors (Lipinski definition) is 6. The van der Waals surface area contributed by atoms with E-state index in [1.807, 2.05) is 24.3 Å². The van der Waals surface area contributed by atoms with Gasteiger partial charge in [-0.2, -0.15) is 0 Å². The number of anilines is 1. The van der Waals surface area contributed by atoms with Crippen LogP contribution >= 0.6 is 0 Å². The number of pyridine rings is 1. The van der Waals surface area contributed by atoms with Gasteiger partial charge in [0, 0.05) is 30.9 Å². The standard InChI is InChI=1S/C25H27N3O5S/c1-28(2)34(31,32)18-10-8-9-17(15-18)26-23(29)16-33-25(30)24-19-11-4-3-5-13-21(19)27-22-14-7-6-12-20(22)24/h6-10,12,14-15H,3-5,11,13,16H2,1-2H3,(H,26,29). The van der Waals surface area contributed by atoms with Gasteiger partial charge in [0.15, 0.2) is 6.61 Å². The fourth-order valence-corrected chi connectivity index (χ4v) is 5.08. The molecule has 0 bridgehead atoms. The van der Waals surface area contributed by atoms with Gasteiger partial charge in [-0.1, -0.05) is 30.7 Å². The fourth-order valence-electron chi connectivity index (χ4n) is 4.13. The number of rotatable bonds is 6. The van der Waals surface area contributed by atoms with Gasteiger partial charge in [-0.3, -0.25) is 9.78 Å². The number of nitrogens with one attached hydrogen (secondary N) is 1. The predicted molar refractivity (Wildman–Crippen MR) is 129 cm³/mol. The van der Waals surface area contributed by atoms with Crippen LogP contribution in [0.15, 0.2) is 53.4 Å². The molecule has 0 radical (unpaired) electrons. The Balaban J connectivity index is 1.52. The Morgan fingerprint density at radius 1 is 1.03 bits per heavy atom. The molecule has 0 fully saturated rings. The number of benzene rings is 2. The molecule has 0 spiro atoms. The van der Waals surface area contributed by atoms with Gasteiger partial charge in [-0.05, 0) is 55.5 Å². The number of amides is 1. The third-order valence-corrected chi connectivity index (χ3v) is 7.67. The van der Waals surface area contributed by atoms with E-state index in [-0.39, 0.29) is 4.90 Å². The Bertz CT molecular complexity index is 1350. The van der Waals surface area contributed by atoms with Crippen molar-refractivity contribution in [3.8, 4) is 0 Å². The number of nitrogens with zero attached hydrogens (tertiary/aromatic N) is 2. The Morgan fingerprint density at radius 3 is 2.59 bits per heavy atom. The third kappa shape index (κ3) is 4.95. The van der Waals surface area contributed by atoms with Crippen LogP contribution in [-0.2, 0) is 32.4 Å². The monoisotopic (exact) mass is 481 g/mol. The number of sulfonamides is 1. The third-order valence-electron chi connectivity index (χ3n) is 5.85. The molecule has 3 aromatic rings. The van der Waals surface area contributed by atoms with E-state index in [0.717, 1.165) is 58.6 Å². The Hall–Kier alpha value is -3.30. The van der Waals surface area contributed by atoms with Crippen LogP contribution in [0.1, 0.15) is 40.9 Å². The maximum Gasteiger partial charge on any atom is 0.339 e. The molecule has 2 aromatic carbocycles. The Labute approximate surface area is 199 Å². The summed E-state index contributed by atoms with van der Waals surface area (Å²) in [5.74, 6) is -1.12. The minimum absolute atomic E-state index is 0.0539. The second-order valence-corrected chi connectivity index (χ2v) is 10.6. The molecule has 9 heteroatoms. The second-order valence-electron chi connectivity index (χ2n) is 8.43. The zero-order valence-electron chi connectivity index (χ0n) is 19.2. The molecule has 8 nitrogen and oxygen atoms in total. The molecule has 34 heavy (non-hydrogen) atoms. The van der Waals surface area contributed by atoms with Gasteiger partial charge in [-0.15, -0.1) is 0 Å². The average Bonchev–Trinajstić information content (AvgIpc) is 3.06. The SMILES string of the molecule is CN(C)S(=O)(=O)c1cccc(NC(=O)COC(=O)c2c3c(nc4ccccc24)CCCCC3)c1. The number of carbonyl (C=O) groups excluding carboxylic acids is 2. The van der Waals surface area contributed by atoms with Crippen LogP contribution in [0, 0.1) is 0 Å². The van der Waals surface area contributed by atoms with E-state index in [1.54, 1.807) is 6.07 Å². The minimum atomic E-state index is -3.64. The second kappa shape index (κ2) is 9.90. The molecule has 178 valence electrons. The lowest BCUT2D eigenvalue weighted by Crippen LogP contribution is -2.23. The predicted octanol–water partition coefficient (Wildman–Crippen LogP) is 3.55. The fraction of sp³-hybridized carbons (Fsp3) is 0.320. The van der Waals surface area contributed by atoms with Crippen LogP contribution in [0.3, 0.4) is 0 Å². The number of carbonyl (C=O) groups is 2. The first-order valence-electron chi connectivity index (χ1n) is 11.2. The highest BCUT2D eigenvalue weighted by Crippen LogP contribution is 2.29. The summed E-state index contributed by atoms with van der Waals surface area (Å²) >= 11 is 0. The molecule has 0 aliphatic heterocycles. The van der Waals surface area contributed by atoms with Crippen LogP contribution in [0.2, 0.25) is 0 Å². The lowest BCUT2D eigenvalue weighted by atomic mass is 9.97. The van der Waals surface area contributed by atoms with E-state index in [9.17, 15) is 18.0 Å². The average molecular weight is 482 g/mol. The van der Waals surface area contributed by atoms with Crippen molar-refractivity contribution in [2.24, 2.45) is 0 Å². The van der Waals surface area contributed by atoms with E-state index < -0.39 is 28.5 Å². The molecule has 0 saturated heterocycles. The van der Waals surface area contributed by atoms with Crippen molar-refractivity contribution in [1.82, 2.24) is 9.29 Å². The van der Waals surface area contributed by atoms with Crippen LogP contribution < -0.4 is 5.32 Å². The highest BCUT2D eigenvalue weighted by molar-refractivity contribution is 7.89. The summed E-state index contributed by atoms with van der Waals surface area (Å²) in [6.45, 7) is -0.491. The van der Waals surface area contributed by atoms with Gasteiger partial charge < -0.3 is 10.1 Å². The molecule has 0 unspecified atom stereocenters. The molecule has 4 rings (SSSR count). The van der Waals surface area contributed by atoms with Gasteiger partial charge in [0.2, 0.25) is 10.0 Å². The molecule has 0 atom stereocenters. The van der Waals surface area contributed by atoms with Crippen molar-refractivity contribution in [3.63, 3.8) is 0 Å². The maximum absolute atomic E-state index is 13.1. The lowest BCUT2D eigenvalue weighted by molar-refractivity contribution is -0.119. The van der Waals surface area contributed by atoms with Crippen molar-refractivity contribution in [1.29, 1.82) is 0 Å². The Morgan fingerprint density at radius 2 is 1.79 bits per heavy atom. The van der Waals surface area contributed by atoms with E-state index >= 15 is 0 Å². The first kappa shape index (κ1) is 23.8. The Kier molecular flexibility index (Phi) is 6.95. The van der Waals surface area contributed by atoms with Crippen LogP contribution in [-0.4, -0.2) is 50.3 Å². The summed E-state index contributed by atoms with van der Waals surface area (Å²) in [4.78, 5) is 30.5. The number of fused-ring (bicyclic) bond motifs is 2. The molecule has 1 aliphatic carbocycles. The van der Waals surface area contributed by atoms with E-state index in [0.29, 0.717) is 11.3 Å². The van der Waals surface area contributed by atoms with Gasteiger partial charge in [0.05, 0.1) is 16.0 Å². The van der Waals surface area contributed by atoms with Crippen LogP contribution in [0.5, 0.6) is 0 Å². The van der Waals surface area contributed by atoms with Gasteiger partial charge >= 0.3 is 5.97 Å². The zero-order chi connectivity index (χ0) is 24.3. The van der Waals surface area contributed by atoms with E-state index in [2.05, 4.69) is 5.32 Å². The van der Waals surface area contributed by atoms with Gasteiger partial charge in [0.25, 0.3) is 5.91 Å². The van der Waals surface area contributed by atoms with Crippen molar-refractivity contribution in [2.75, 3.05) is 26.0 Å². The minimum Gasteiger partial charge on any atom is -0.452 e. The van der Waals surface area contributed by atoms with Crippen molar-refractivity contribution in [3.05, 3.63) is 65.4 Å². The number of aryl methyl sites for hydroxylation is 1. The summed E-state index contributed by atoms with van der Waals surface area (Å²) in [5.41, 5.74) is 3.34. The molecular formula is C25H27N3O5S. The molecule has 1 aromatic heterocycles.